The molecule has 6 nitrogen and oxygen atoms in total. The third-order valence-corrected chi connectivity index (χ3v) is 6.01. The molecule has 0 atom stereocenters. The molecule has 1 aromatic carbocycles. The summed E-state index contributed by atoms with van der Waals surface area (Å²) in [7, 11) is 0. The predicted octanol–water partition coefficient (Wildman–Crippen LogP) is 3.49. The lowest BCUT2D eigenvalue weighted by Crippen LogP contribution is -2.50. The van der Waals surface area contributed by atoms with Gasteiger partial charge in [0.25, 0.3) is 11.8 Å². The molecule has 0 aliphatic carbocycles. The number of thiophene rings is 1. The minimum Gasteiger partial charge on any atom is -0.335 e. The van der Waals surface area contributed by atoms with Gasteiger partial charge in [0.1, 0.15) is 5.15 Å². The molecule has 2 aromatic heterocycles. The zero-order chi connectivity index (χ0) is 19.7. The maximum atomic E-state index is 13.1. The molecule has 1 aliphatic rings. The highest BCUT2D eigenvalue weighted by Crippen LogP contribution is 2.25. The van der Waals surface area contributed by atoms with Gasteiger partial charge >= 0.3 is 0 Å². The minimum absolute atomic E-state index is 0.0215. The summed E-state index contributed by atoms with van der Waals surface area (Å²) in [6.45, 7) is 3.75. The molecule has 144 valence electrons. The van der Waals surface area contributed by atoms with Crippen molar-refractivity contribution in [3.05, 3.63) is 69.1 Å². The van der Waals surface area contributed by atoms with E-state index in [1.54, 1.807) is 21.4 Å². The van der Waals surface area contributed by atoms with Crippen LogP contribution in [-0.2, 0) is 0 Å². The molecule has 1 aliphatic heterocycles. The molecule has 0 unspecified atom stereocenters. The molecular weight excluding hydrogens is 396 g/mol. The summed E-state index contributed by atoms with van der Waals surface area (Å²) in [4.78, 5) is 29.8. The molecule has 8 heteroatoms. The van der Waals surface area contributed by atoms with Gasteiger partial charge in [0.2, 0.25) is 0 Å². The summed E-state index contributed by atoms with van der Waals surface area (Å²) in [6.07, 6.45) is 0. The summed E-state index contributed by atoms with van der Waals surface area (Å²) in [5.74, 6) is -0.124. The zero-order valence-electron chi connectivity index (χ0n) is 15.3. The van der Waals surface area contributed by atoms with Gasteiger partial charge in [0, 0.05) is 26.2 Å². The fourth-order valence-corrected chi connectivity index (χ4v) is 4.35. The maximum absolute atomic E-state index is 13.1. The number of carbonyl (C=O) groups is 2. The number of amides is 2. The average molecular weight is 415 g/mol. The molecular formula is C20H19ClN4O2S. The Morgan fingerprint density at radius 2 is 1.61 bits per heavy atom. The Bertz CT molecular complexity index is 993. The molecule has 0 radical (unpaired) electrons. The lowest BCUT2D eigenvalue weighted by molar-refractivity contribution is 0.0537. The van der Waals surface area contributed by atoms with Crippen LogP contribution in [0.3, 0.4) is 0 Å². The summed E-state index contributed by atoms with van der Waals surface area (Å²) < 4.78 is 1.58. The van der Waals surface area contributed by atoms with Gasteiger partial charge in [-0.1, -0.05) is 35.9 Å². The van der Waals surface area contributed by atoms with E-state index in [0.29, 0.717) is 42.6 Å². The van der Waals surface area contributed by atoms with Crippen molar-refractivity contribution in [2.45, 2.75) is 6.92 Å². The number of para-hydroxylation sites is 1. The Kier molecular flexibility index (Phi) is 5.19. The third-order valence-electron chi connectivity index (χ3n) is 4.80. The molecule has 28 heavy (non-hydrogen) atoms. The second kappa shape index (κ2) is 7.77. The molecule has 0 saturated carbocycles. The van der Waals surface area contributed by atoms with E-state index in [4.69, 9.17) is 11.6 Å². The SMILES string of the molecule is Cc1nn(-c2ccccc2)c(Cl)c1C(=O)N1CCN(C(=O)c2cccs2)CC1. The highest BCUT2D eigenvalue weighted by atomic mass is 35.5. The third kappa shape index (κ3) is 3.43. The van der Waals surface area contributed by atoms with E-state index in [1.165, 1.54) is 11.3 Å². The van der Waals surface area contributed by atoms with Crippen LogP contribution in [0.4, 0.5) is 0 Å². The predicted molar refractivity (Wildman–Crippen MR) is 109 cm³/mol. The number of nitrogens with zero attached hydrogens (tertiary/aromatic N) is 4. The van der Waals surface area contributed by atoms with Crippen LogP contribution in [0.25, 0.3) is 5.69 Å². The second-order valence-corrected chi connectivity index (χ2v) is 7.87. The van der Waals surface area contributed by atoms with E-state index in [2.05, 4.69) is 5.10 Å². The number of aromatic nitrogens is 2. The molecule has 3 aromatic rings. The van der Waals surface area contributed by atoms with Crippen molar-refractivity contribution in [1.29, 1.82) is 0 Å². The molecule has 4 rings (SSSR count). The van der Waals surface area contributed by atoms with Gasteiger partial charge in [-0.2, -0.15) is 5.10 Å². The quantitative estimate of drug-likeness (QED) is 0.659. The van der Waals surface area contributed by atoms with E-state index in [0.717, 1.165) is 10.6 Å². The Labute approximate surface area is 171 Å². The zero-order valence-corrected chi connectivity index (χ0v) is 16.9. The van der Waals surface area contributed by atoms with Crippen LogP contribution in [0, 0.1) is 6.92 Å². The van der Waals surface area contributed by atoms with E-state index in [1.807, 2.05) is 47.8 Å². The molecule has 1 fully saturated rings. The first-order chi connectivity index (χ1) is 13.6. The molecule has 1 saturated heterocycles. The van der Waals surface area contributed by atoms with Crippen molar-refractivity contribution in [2.24, 2.45) is 0 Å². The Morgan fingerprint density at radius 3 is 2.21 bits per heavy atom. The van der Waals surface area contributed by atoms with Crippen LogP contribution in [0.1, 0.15) is 25.7 Å². The van der Waals surface area contributed by atoms with Crippen LogP contribution in [0.5, 0.6) is 0 Å². The monoisotopic (exact) mass is 414 g/mol. The largest absolute Gasteiger partial charge is 0.335 e. The first-order valence-electron chi connectivity index (χ1n) is 8.99. The molecule has 0 spiro atoms. The van der Waals surface area contributed by atoms with Gasteiger partial charge < -0.3 is 9.80 Å². The van der Waals surface area contributed by atoms with Crippen molar-refractivity contribution >= 4 is 34.8 Å². The van der Waals surface area contributed by atoms with Gasteiger partial charge in [-0.3, -0.25) is 9.59 Å². The molecule has 3 heterocycles. The summed E-state index contributed by atoms with van der Waals surface area (Å²) in [5.41, 5.74) is 1.82. The Balaban J connectivity index is 1.49. The highest BCUT2D eigenvalue weighted by Gasteiger charge is 2.29. The first-order valence-corrected chi connectivity index (χ1v) is 10.2. The van der Waals surface area contributed by atoms with Crippen LogP contribution < -0.4 is 0 Å². The van der Waals surface area contributed by atoms with Gasteiger partial charge in [0.15, 0.2) is 0 Å². The Hall–Kier alpha value is -2.64. The van der Waals surface area contributed by atoms with E-state index >= 15 is 0 Å². The number of hydrogen-bond donors (Lipinski definition) is 0. The average Bonchev–Trinajstić information content (AvgIpc) is 3.36. The van der Waals surface area contributed by atoms with Gasteiger partial charge in [0.05, 0.1) is 21.8 Å². The molecule has 0 N–H and O–H groups in total. The van der Waals surface area contributed by atoms with E-state index in [9.17, 15) is 9.59 Å². The van der Waals surface area contributed by atoms with Crippen molar-refractivity contribution in [3.8, 4) is 5.69 Å². The van der Waals surface area contributed by atoms with Crippen molar-refractivity contribution in [2.75, 3.05) is 26.2 Å². The van der Waals surface area contributed by atoms with Crippen molar-refractivity contribution in [1.82, 2.24) is 19.6 Å². The fourth-order valence-electron chi connectivity index (χ4n) is 3.31. The summed E-state index contributed by atoms with van der Waals surface area (Å²) in [6, 6.07) is 13.2. The summed E-state index contributed by atoms with van der Waals surface area (Å²) in [5, 5.41) is 6.65. The highest BCUT2D eigenvalue weighted by molar-refractivity contribution is 7.12. The number of rotatable bonds is 3. The van der Waals surface area contributed by atoms with Crippen LogP contribution in [-0.4, -0.2) is 57.6 Å². The second-order valence-electron chi connectivity index (χ2n) is 6.56. The number of piperazine rings is 1. The minimum atomic E-state index is -0.145. The fraction of sp³-hybridized carbons (Fsp3) is 0.250. The van der Waals surface area contributed by atoms with E-state index < -0.39 is 0 Å². The van der Waals surface area contributed by atoms with Crippen LogP contribution in [0.15, 0.2) is 47.8 Å². The summed E-state index contributed by atoms with van der Waals surface area (Å²) >= 11 is 7.95. The van der Waals surface area contributed by atoms with Gasteiger partial charge in [-0.05, 0) is 30.5 Å². The number of carbonyl (C=O) groups excluding carboxylic acids is 2. The van der Waals surface area contributed by atoms with Crippen molar-refractivity contribution < 1.29 is 9.59 Å². The molecule has 0 bridgehead atoms. The van der Waals surface area contributed by atoms with Crippen LogP contribution >= 0.6 is 22.9 Å². The van der Waals surface area contributed by atoms with Gasteiger partial charge in [-0.15, -0.1) is 11.3 Å². The number of aryl methyl sites for hydroxylation is 1. The normalized spacial score (nSPS) is 14.4. The topological polar surface area (TPSA) is 58.4 Å². The molecule has 2 amide bonds. The standard InChI is InChI=1S/C20H19ClN4O2S/c1-14-17(18(21)25(22-14)15-6-3-2-4-7-15)20(27)24-11-9-23(10-12-24)19(26)16-8-5-13-28-16/h2-8,13H,9-12H2,1H3. The number of hydrogen-bond acceptors (Lipinski definition) is 4. The van der Waals surface area contributed by atoms with Crippen molar-refractivity contribution in [3.63, 3.8) is 0 Å². The number of halogens is 1. The lowest BCUT2D eigenvalue weighted by atomic mass is 10.2. The smallest absolute Gasteiger partial charge is 0.264 e. The van der Waals surface area contributed by atoms with Gasteiger partial charge in [-0.25, -0.2) is 4.68 Å². The van der Waals surface area contributed by atoms with E-state index in [-0.39, 0.29) is 11.8 Å². The Morgan fingerprint density at radius 1 is 0.964 bits per heavy atom. The van der Waals surface area contributed by atoms with Crippen LogP contribution in [0.2, 0.25) is 5.15 Å². The number of benzene rings is 1. The first kappa shape index (κ1) is 18.7. The maximum Gasteiger partial charge on any atom is 0.264 e. The lowest BCUT2D eigenvalue weighted by Gasteiger charge is -2.34.